The van der Waals surface area contributed by atoms with Crippen LogP contribution in [0.1, 0.15) is 50.4 Å². The lowest BCUT2D eigenvalue weighted by Crippen LogP contribution is -2.35. The van der Waals surface area contributed by atoms with E-state index < -0.39 is 0 Å². The number of hydrogen-bond donors (Lipinski definition) is 1. The van der Waals surface area contributed by atoms with Crippen molar-refractivity contribution in [3.63, 3.8) is 0 Å². The van der Waals surface area contributed by atoms with E-state index in [0.717, 1.165) is 11.0 Å². The number of aromatic nitrogens is 1. The van der Waals surface area contributed by atoms with E-state index >= 15 is 0 Å². The zero-order valence-electron chi connectivity index (χ0n) is 11.0. The molecule has 3 nitrogen and oxygen atoms in total. The summed E-state index contributed by atoms with van der Waals surface area (Å²) in [5.41, 5.74) is 5.88. The summed E-state index contributed by atoms with van der Waals surface area (Å²) >= 11 is 1.73. The second kappa shape index (κ2) is 5.36. The zero-order valence-corrected chi connectivity index (χ0v) is 11.8. The van der Waals surface area contributed by atoms with Crippen LogP contribution >= 0.6 is 11.3 Å². The van der Waals surface area contributed by atoms with Crippen LogP contribution in [0.25, 0.3) is 0 Å². The van der Waals surface area contributed by atoms with Gasteiger partial charge in [-0.05, 0) is 25.7 Å². The van der Waals surface area contributed by atoms with Crippen LogP contribution in [-0.2, 0) is 0 Å². The van der Waals surface area contributed by atoms with Crippen LogP contribution in [0.4, 0.5) is 5.13 Å². The molecule has 96 valence electrons. The van der Waals surface area contributed by atoms with Gasteiger partial charge in [-0.2, -0.15) is 0 Å². The van der Waals surface area contributed by atoms with Crippen molar-refractivity contribution in [1.82, 2.24) is 4.98 Å². The van der Waals surface area contributed by atoms with E-state index in [0.29, 0.717) is 6.04 Å². The molecule has 2 N–H and O–H groups in total. The van der Waals surface area contributed by atoms with Gasteiger partial charge in [0, 0.05) is 30.2 Å². The molecule has 1 heterocycles. The average Bonchev–Trinajstić information content (AvgIpc) is 2.77. The normalized spacial score (nSPS) is 26.8. The Hall–Kier alpha value is -0.610. The monoisotopic (exact) mass is 253 g/mol. The van der Waals surface area contributed by atoms with E-state index in [1.807, 2.05) is 13.1 Å². The van der Waals surface area contributed by atoms with E-state index in [9.17, 15) is 0 Å². The topological polar surface area (TPSA) is 42.2 Å². The SMILES string of the molecule is CC1CCCC(N(C)c2ncc(C(C)N)s2)C1. The fourth-order valence-corrected chi connectivity index (χ4v) is 3.46. The van der Waals surface area contributed by atoms with Gasteiger partial charge < -0.3 is 10.6 Å². The lowest BCUT2D eigenvalue weighted by atomic mass is 9.86. The maximum absolute atomic E-state index is 5.88. The fraction of sp³-hybridized carbons (Fsp3) is 0.769. The average molecular weight is 253 g/mol. The maximum Gasteiger partial charge on any atom is 0.185 e. The predicted octanol–water partition coefficient (Wildman–Crippen LogP) is 3.18. The Morgan fingerprint density at radius 1 is 1.53 bits per heavy atom. The molecule has 1 aromatic heterocycles. The van der Waals surface area contributed by atoms with E-state index in [4.69, 9.17) is 5.73 Å². The Morgan fingerprint density at radius 3 is 2.88 bits per heavy atom. The van der Waals surface area contributed by atoms with Crippen molar-refractivity contribution < 1.29 is 0 Å². The molecule has 2 rings (SSSR count). The quantitative estimate of drug-likeness (QED) is 0.899. The van der Waals surface area contributed by atoms with Crippen molar-refractivity contribution >= 4 is 16.5 Å². The predicted molar refractivity (Wildman–Crippen MR) is 74.5 cm³/mol. The smallest absolute Gasteiger partial charge is 0.185 e. The molecule has 17 heavy (non-hydrogen) atoms. The van der Waals surface area contributed by atoms with Crippen LogP contribution < -0.4 is 10.6 Å². The summed E-state index contributed by atoms with van der Waals surface area (Å²) < 4.78 is 0. The number of nitrogens with two attached hydrogens (primary N) is 1. The molecule has 1 fully saturated rings. The van der Waals surface area contributed by atoms with Gasteiger partial charge in [-0.3, -0.25) is 0 Å². The molecule has 3 atom stereocenters. The Morgan fingerprint density at radius 2 is 2.29 bits per heavy atom. The molecule has 0 aliphatic heterocycles. The fourth-order valence-electron chi connectivity index (χ4n) is 2.56. The minimum Gasteiger partial charge on any atom is -0.348 e. The second-order valence-electron chi connectivity index (χ2n) is 5.37. The van der Waals surface area contributed by atoms with Crippen molar-refractivity contribution in [2.45, 2.75) is 51.6 Å². The second-order valence-corrected chi connectivity index (χ2v) is 6.41. The van der Waals surface area contributed by atoms with Gasteiger partial charge in [0.1, 0.15) is 0 Å². The molecule has 0 amide bonds. The summed E-state index contributed by atoms with van der Waals surface area (Å²) in [6, 6.07) is 0.755. The maximum atomic E-state index is 5.88. The minimum atomic E-state index is 0.0972. The van der Waals surface area contributed by atoms with Gasteiger partial charge in [0.15, 0.2) is 5.13 Å². The van der Waals surface area contributed by atoms with Gasteiger partial charge >= 0.3 is 0 Å². The van der Waals surface area contributed by atoms with Crippen molar-refractivity contribution in [3.05, 3.63) is 11.1 Å². The molecule has 0 aromatic carbocycles. The van der Waals surface area contributed by atoms with Gasteiger partial charge in [-0.15, -0.1) is 11.3 Å². The van der Waals surface area contributed by atoms with Crippen LogP contribution in [-0.4, -0.2) is 18.1 Å². The van der Waals surface area contributed by atoms with Gasteiger partial charge in [0.05, 0.1) is 0 Å². The molecule has 1 aromatic rings. The number of nitrogens with zero attached hydrogens (tertiary/aromatic N) is 2. The minimum absolute atomic E-state index is 0.0972. The van der Waals surface area contributed by atoms with E-state index in [-0.39, 0.29) is 6.04 Å². The Bertz CT molecular complexity index is 361. The van der Waals surface area contributed by atoms with Crippen LogP contribution in [0, 0.1) is 5.92 Å². The Kier molecular flexibility index (Phi) is 4.05. The highest BCUT2D eigenvalue weighted by molar-refractivity contribution is 7.15. The molecule has 0 bridgehead atoms. The number of hydrogen-bond acceptors (Lipinski definition) is 4. The van der Waals surface area contributed by atoms with Crippen molar-refractivity contribution in [3.8, 4) is 0 Å². The molecule has 4 heteroatoms. The molecule has 1 aliphatic rings. The largest absolute Gasteiger partial charge is 0.348 e. The van der Waals surface area contributed by atoms with Crippen molar-refractivity contribution in [2.75, 3.05) is 11.9 Å². The van der Waals surface area contributed by atoms with Gasteiger partial charge in [-0.25, -0.2) is 4.98 Å². The molecular weight excluding hydrogens is 230 g/mol. The van der Waals surface area contributed by atoms with E-state index in [2.05, 4.69) is 23.9 Å². The highest BCUT2D eigenvalue weighted by Gasteiger charge is 2.24. The Labute approximate surface area is 108 Å². The summed E-state index contributed by atoms with van der Waals surface area (Å²) in [5.74, 6) is 0.851. The number of rotatable bonds is 3. The van der Waals surface area contributed by atoms with E-state index in [1.54, 1.807) is 11.3 Å². The first-order valence-corrected chi connectivity index (χ1v) is 7.33. The number of anilines is 1. The lowest BCUT2D eigenvalue weighted by molar-refractivity contribution is 0.336. The summed E-state index contributed by atoms with van der Waals surface area (Å²) in [7, 11) is 2.17. The van der Waals surface area contributed by atoms with Gasteiger partial charge in [0.2, 0.25) is 0 Å². The van der Waals surface area contributed by atoms with Crippen LogP contribution in [0.15, 0.2) is 6.20 Å². The molecule has 0 spiro atoms. The first-order chi connectivity index (χ1) is 8.08. The summed E-state index contributed by atoms with van der Waals surface area (Å²) in [6.07, 6.45) is 7.25. The van der Waals surface area contributed by atoms with Crippen molar-refractivity contribution in [2.24, 2.45) is 11.7 Å². The first kappa shape index (κ1) is 12.8. The van der Waals surface area contributed by atoms with Gasteiger partial charge in [0.25, 0.3) is 0 Å². The van der Waals surface area contributed by atoms with E-state index in [1.165, 1.54) is 30.6 Å². The van der Waals surface area contributed by atoms with Crippen molar-refractivity contribution in [1.29, 1.82) is 0 Å². The van der Waals surface area contributed by atoms with Crippen LogP contribution in [0.5, 0.6) is 0 Å². The summed E-state index contributed by atoms with van der Waals surface area (Å²) in [6.45, 7) is 4.37. The zero-order chi connectivity index (χ0) is 12.4. The lowest BCUT2D eigenvalue weighted by Gasteiger charge is -2.33. The van der Waals surface area contributed by atoms with Gasteiger partial charge in [-0.1, -0.05) is 19.8 Å². The standard InChI is InChI=1S/C13H23N3S/c1-9-5-4-6-11(7-9)16(3)13-15-8-12(17-13)10(2)14/h8-11H,4-7,14H2,1-3H3. The number of thiazole rings is 1. The highest BCUT2D eigenvalue weighted by Crippen LogP contribution is 2.32. The third kappa shape index (κ3) is 2.99. The molecule has 3 unspecified atom stereocenters. The highest BCUT2D eigenvalue weighted by atomic mass is 32.1. The third-order valence-electron chi connectivity index (χ3n) is 3.72. The Balaban J connectivity index is 2.04. The summed E-state index contributed by atoms with van der Waals surface area (Å²) in [5, 5.41) is 1.12. The molecule has 1 saturated carbocycles. The van der Waals surface area contributed by atoms with Crippen LogP contribution in [0.3, 0.4) is 0 Å². The summed E-state index contributed by atoms with van der Waals surface area (Å²) in [4.78, 5) is 8.03. The third-order valence-corrected chi connectivity index (χ3v) is 5.01. The molecule has 0 radical (unpaired) electrons. The molecule has 1 aliphatic carbocycles. The molecule has 0 saturated heterocycles. The molecular formula is C13H23N3S. The first-order valence-electron chi connectivity index (χ1n) is 6.52. The van der Waals surface area contributed by atoms with Crippen LogP contribution in [0.2, 0.25) is 0 Å².